The molecule has 2 rings (SSSR count). The summed E-state index contributed by atoms with van der Waals surface area (Å²) in [6.45, 7) is 1.90. The second-order valence-electron chi connectivity index (χ2n) is 2.78. The molecule has 1 fully saturated rings. The number of hydrogen-bond donors (Lipinski definition) is 2. The van der Waals surface area contributed by atoms with Crippen molar-refractivity contribution < 1.29 is 0 Å². The summed E-state index contributed by atoms with van der Waals surface area (Å²) >= 11 is 0. The molecule has 0 aromatic heterocycles. The van der Waals surface area contributed by atoms with Crippen LogP contribution in [0.25, 0.3) is 0 Å². The van der Waals surface area contributed by atoms with Crippen molar-refractivity contribution in [2.45, 2.75) is 12.2 Å². The molecule has 2 aliphatic heterocycles. The Bertz CT molecular complexity index is 156. The highest BCUT2D eigenvalue weighted by Crippen LogP contribution is 2.09. The predicted octanol–water partition coefficient (Wildman–Crippen LogP) is -1.19. The maximum atomic E-state index is 4.31. The van der Waals surface area contributed by atoms with Crippen LogP contribution in [-0.2, 0) is 0 Å². The van der Waals surface area contributed by atoms with Crippen molar-refractivity contribution in [2.75, 3.05) is 20.3 Å². The molecule has 56 valence electrons. The van der Waals surface area contributed by atoms with Gasteiger partial charge in [0.2, 0.25) is 0 Å². The van der Waals surface area contributed by atoms with E-state index in [0.29, 0.717) is 12.2 Å². The molecule has 2 unspecified atom stereocenters. The van der Waals surface area contributed by atoms with Gasteiger partial charge in [-0.2, -0.15) is 0 Å². The van der Waals surface area contributed by atoms with Crippen LogP contribution in [0.3, 0.4) is 0 Å². The van der Waals surface area contributed by atoms with E-state index in [4.69, 9.17) is 0 Å². The van der Waals surface area contributed by atoms with E-state index in [2.05, 4.69) is 20.5 Å². The van der Waals surface area contributed by atoms with E-state index < -0.39 is 0 Å². The number of nitrogens with one attached hydrogen (secondary N) is 2. The molecule has 0 saturated carbocycles. The van der Waals surface area contributed by atoms with Crippen molar-refractivity contribution in [2.24, 2.45) is 4.99 Å². The summed E-state index contributed by atoms with van der Waals surface area (Å²) in [6.07, 6.45) is 2.33. The SMILES string of the molecule is CN1C=NC2CNCNC21. The minimum Gasteiger partial charge on any atom is -0.348 e. The van der Waals surface area contributed by atoms with Crippen LogP contribution in [0.2, 0.25) is 0 Å². The van der Waals surface area contributed by atoms with Gasteiger partial charge in [0.25, 0.3) is 0 Å². The number of rotatable bonds is 0. The van der Waals surface area contributed by atoms with Crippen LogP contribution in [0.4, 0.5) is 0 Å². The van der Waals surface area contributed by atoms with E-state index in [1.165, 1.54) is 0 Å². The van der Waals surface area contributed by atoms with Gasteiger partial charge in [-0.1, -0.05) is 0 Å². The Balaban J connectivity index is 2.07. The average molecular weight is 140 g/mol. The van der Waals surface area contributed by atoms with Crippen molar-refractivity contribution in [1.29, 1.82) is 0 Å². The van der Waals surface area contributed by atoms with Gasteiger partial charge in [-0.05, 0) is 0 Å². The lowest BCUT2D eigenvalue weighted by molar-refractivity contribution is 0.248. The smallest absolute Gasteiger partial charge is 0.105 e. The zero-order valence-corrected chi connectivity index (χ0v) is 6.04. The van der Waals surface area contributed by atoms with Crippen LogP contribution in [-0.4, -0.2) is 43.7 Å². The molecule has 0 aromatic rings. The molecule has 0 spiro atoms. The zero-order valence-electron chi connectivity index (χ0n) is 6.04. The molecule has 0 aromatic carbocycles. The maximum absolute atomic E-state index is 4.31. The molecule has 2 aliphatic rings. The van der Waals surface area contributed by atoms with Crippen molar-refractivity contribution in [3.05, 3.63) is 0 Å². The van der Waals surface area contributed by atoms with E-state index in [1.807, 2.05) is 13.4 Å². The molecule has 0 radical (unpaired) electrons. The normalized spacial score (nSPS) is 38.3. The molecule has 0 aliphatic carbocycles. The highest BCUT2D eigenvalue weighted by molar-refractivity contribution is 5.58. The Hall–Kier alpha value is -0.610. The summed E-state index contributed by atoms with van der Waals surface area (Å²) in [5.41, 5.74) is 0. The van der Waals surface area contributed by atoms with Crippen LogP contribution in [0.15, 0.2) is 4.99 Å². The molecular weight excluding hydrogens is 128 g/mol. The first kappa shape index (κ1) is 6.12. The lowest BCUT2D eigenvalue weighted by Gasteiger charge is -2.30. The Morgan fingerprint density at radius 1 is 1.70 bits per heavy atom. The lowest BCUT2D eigenvalue weighted by atomic mass is 10.2. The van der Waals surface area contributed by atoms with Gasteiger partial charge in [0.05, 0.1) is 12.4 Å². The van der Waals surface area contributed by atoms with E-state index in [1.54, 1.807) is 0 Å². The van der Waals surface area contributed by atoms with Crippen LogP contribution in [0, 0.1) is 0 Å². The summed E-state index contributed by atoms with van der Waals surface area (Å²) in [7, 11) is 2.05. The number of fused-ring (bicyclic) bond motifs is 1. The van der Waals surface area contributed by atoms with Gasteiger partial charge in [0, 0.05) is 20.3 Å². The summed E-state index contributed by atoms with van der Waals surface area (Å²) in [5, 5.41) is 6.55. The topological polar surface area (TPSA) is 39.7 Å². The summed E-state index contributed by atoms with van der Waals surface area (Å²) in [4.78, 5) is 6.43. The van der Waals surface area contributed by atoms with Gasteiger partial charge in [0.1, 0.15) is 6.17 Å². The number of nitrogens with zero attached hydrogens (tertiary/aromatic N) is 2. The first-order chi connectivity index (χ1) is 4.88. The Labute approximate surface area is 60.3 Å². The first-order valence-electron chi connectivity index (χ1n) is 3.57. The molecule has 10 heavy (non-hydrogen) atoms. The molecule has 1 saturated heterocycles. The number of likely N-dealkylation sites (N-methyl/N-ethyl adjacent to an activating group) is 1. The van der Waals surface area contributed by atoms with Crippen LogP contribution in [0.5, 0.6) is 0 Å². The van der Waals surface area contributed by atoms with Crippen LogP contribution < -0.4 is 10.6 Å². The van der Waals surface area contributed by atoms with Gasteiger partial charge >= 0.3 is 0 Å². The number of aliphatic imine (C=N–C) groups is 1. The monoisotopic (exact) mass is 140 g/mol. The third kappa shape index (κ3) is 0.803. The quantitative estimate of drug-likeness (QED) is 0.444. The second kappa shape index (κ2) is 2.21. The van der Waals surface area contributed by atoms with Crippen LogP contribution >= 0.6 is 0 Å². The van der Waals surface area contributed by atoms with Crippen molar-refractivity contribution >= 4 is 6.34 Å². The molecule has 4 nitrogen and oxygen atoms in total. The van der Waals surface area contributed by atoms with E-state index in [0.717, 1.165) is 13.2 Å². The fourth-order valence-electron chi connectivity index (χ4n) is 1.46. The minimum atomic E-state index is 0.416. The molecule has 0 bridgehead atoms. The molecule has 2 atom stereocenters. The number of hydrogen-bond acceptors (Lipinski definition) is 4. The predicted molar refractivity (Wildman–Crippen MR) is 39.8 cm³/mol. The van der Waals surface area contributed by atoms with E-state index >= 15 is 0 Å². The highest BCUT2D eigenvalue weighted by atomic mass is 15.4. The molecule has 2 heterocycles. The minimum absolute atomic E-state index is 0.416. The van der Waals surface area contributed by atoms with Gasteiger partial charge in [-0.15, -0.1) is 0 Å². The molecule has 2 N–H and O–H groups in total. The lowest BCUT2D eigenvalue weighted by Crippen LogP contribution is -2.57. The van der Waals surface area contributed by atoms with Gasteiger partial charge < -0.3 is 10.2 Å². The fraction of sp³-hybridized carbons (Fsp3) is 0.833. The van der Waals surface area contributed by atoms with Crippen molar-refractivity contribution in [3.8, 4) is 0 Å². The maximum Gasteiger partial charge on any atom is 0.105 e. The first-order valence-corrected chi connectivity index (χ1v) is 3.57. The standard InChI is InChI=1S/C6H12N4/c1-10-4-9-5-2-7-3-8-6(5)10/h4-8H,2-3H2,1H3. The third-order valence-electron chi connectivity index (χ3n) is 2.03. The zero-order chi connectivity index (χ0) is 6.97. The average Bonchev–Trinajstić information content (AvgIpc) is 2.34. The van der Waals surface area contributed by atoms with Gasteiger partial charge in [-0.3, -0.25) is 10.3 Å². The van der Waals surface area contributed by atoms with E-state index in [9.17, 15) is 0 Å². The molecule has 4 heteroatoms. The van der Waals surface area contributed by atoms with Gasteiger partial charge in [0.15, 0.2) is 0 Å². The third-order valence-corrected chi connectivity index (χ3v) is 2.03. The van der Waals surface area contributed by atoms with Crippen molar-refractivity contribution in [1.82, 2.24) is 15.5 Å². The Kier molecular flexibility index (Phi) is 1.35. The van der Waals surface area contributed by atoms with E-state index in [-0.39, 0.29) is 0 Å². The Morgan fingerprint density at radius 3 is 3.40 bits per heavy atom. The van der Waals surface area contributed by atoms with Crippen molar-refractivity contribution in [3.63, 3.8) is 0 Å². The molecule has 0 amide bonds. The summed E-state index contributed by atoms with van der Waals surface area (Å²) < 4.78 is 0. The highest BCUT2D eigenvalue weighted by Gasteiger charge is 2.29. The summed E-state index contributed by atoms with van der Waals surface area (Å²) in [6, 6.07) is 0.416. The largest absolute Gasteiger partial charge is 0.348 e. The van der Waals surface area contributed by atoms with Crippen LogP contribution in [0.1, 0.15) is 0 Å². The fourth-order valence-corrected chi connectivity index (χ4v) is 1.46. The Morgan fingerprint density at radius 2 is 2.60 bits per heavy atom. The van der Waals surface area contributed by atoms with Gasteiger partial charge in [-0.25, -0.2) is 0 Å². The summed E-state index contributed by atoms with van der Waals surface area (Å²) in [5.74, 6) is 0. The second-order valence-corrected chi connectivity index (χ2v) is 2.78. The molecular formula is C6H12N4.